The Bertz CT molecular complexity index is 825. The van der Waals surface area contributed by atoms with E-state index in [1.165, 1.54) is 11.8 Å². The van der Waals surface area contributed by atoms with Crippen molar-refractivity contribution in [2.75, 3.05) is 5.75 Å². The second kappa shape index (κ2) is 10.8. The number of carbonyl (C=O) groups excluding carboxylic acids is 2. The number of carbonyl (C=O) groups is 2. The van der Waals surface area contributed by atoms with Gasteiger partial charge in [0.1, 0.15) is 6.04 Å². The van der Waals surface area contributed by atoms with Crippen LogP contribution in [0.25, 0.3) is 0 Å². The molecule has 1 N–H and O–H groups in total. The zero-order chi connectivity index (χ0) is 20.6. The van der Waals surface area contributed by atoms with Gasteiger partial charge in [0.15, 0.2) is 0 Å². The van der Waals surface area contributed by atoms with Gasteiger partial charge in [0, 0.05) is 22.0 Å². The summed E-state index contributed by atoms with van der Waals surface area (Å²) in [6.07, 6.45) is 4.38. The molecule has 29 heavy (non-hydrogen) atoms. The fraction of sp³-hybridized carbons (Fsp3) is 0.391. The van der Waals surface area contributed by atoms with Crippen LogP contribution in [0.4, 0.5) is 0 Å². The van der Waals surface area contributed by atoms with Crippen LogP contribution in [0, 0.1) is 0 Å². The number of amides is 2. The van der Waals surface area contributed by atoms with Crippen LogP contribution < -0.4 is 5.32 Å². The molecule has 0 heterocycles. The van der Waals surface area contributed by atoms with E-state index in [0.717, 1.165) is 40.6 Å². The van der Waals surface area contributed by atoms with Crippen molar-refractivity contribution in [2.24, 2.45) is 0 Å². The minimum atomic E-state index is -0.515. The highest BCUT2D eigenvalue weighted by Crippen LogP contribution is 2.21. The normalized spacial score (nSPS) is 15.1. The fourth-order valence-electron chi connectivity index (χ4n) is 3.55. The van der Waals surface area contributed by atoms with E-state index in [2.05, 4.69) is 21.2 Å². The lowest BCUT2D eigenvalue weighted by Gasteiger charge is -2.29. The molecule has 1 aliphatic carbocycles. The van der Waals surface area contributed by atoms with Crippen LogP contribution in [-0.2, 0) is 16.1 Å². The molecule has 2 amide bonds. The summed E-state index contributed by atoms with van der Waals surface area (Å²) in [4.78, 5) is 28.7. The Hall–Kier alpha value is -1.79. The number of benzene rings is 2. The van der Waals surface area contributed by atoms with Gasteiger partial charge < -0.3 is 10.2 Å². The lowest BCUT2D eigenvalue weighted by molar-refractivity contribution is -0.138. The fourth-order valence-corrected chi connectivity index (χ4v) is 4.80. The summed E-state index contributed by atoms with van der Waals surface area (Å²) < 4.78 is 0.962. The Labute approximate surface area is 185 Å². The molecule has 1 saturated carbocycles. The van der Waals surface area contributed by atoms with Crippen LogP contribution in [0.15, 0.2) is 64.0 Å². The third-order valence-electron chi connectivity index (χ3n) is 5.22. The number of nitrogens with one attached hydrogen (secondary N) is 1. The van der Waals surface area contributed by atoms with Crippen molar-refractivity contribution in [3.8, 4) is 0 Å². The maximum Gasteiger partial charge on any atom is 0.242 e. The molecule has 3 rings (SSSR count). The largest absolute Gasteiger partial charge is 0.352 e. The number of thioether (sulfide) groups is 1. The smallest absolute Gasteiger partial charge is 0.242 e. The number of hydrogen-bond acceptors (Lipinski definition) is 3. The molecule has 2 aromatic rings. The number of rotatable bonds is 8. The van der Waals surface area contributed by atoms with E-state index in [1.807, 2.05) is 61.5 Å². The van der Waals surface area contributed by atoms with Gasteiger partial charge >= 0.3 is 0 Å². The molecule has 0 aromatic heterocycles. The van der Waals surface area contributed by atoms with Gasteiger partial charge in [0.05, 0.1) is 5.75 Å². The Morgan fingerprint density at radius 2 is 1.86 bits per heavy atom. The zero-order valence-corrected chi connectivity index (χ0v) is 19.0. The van der Waals surface area contributed by atoms with Crippen LogP contribution in [0.3, 0.4) is 0 Å². The van der Waals surface area contributed by atoms with Crippen molar-refractivity contribution >= 4 is 39.5 Å². The average molecular weight is 475 g/mol. The standard InChI is InChI=1S/C23H27BrN2O2S/c1-17(23(28)25-20-10-5-6-11-20)26(15-18-8-7-9-19(24)14-18)22(27)16-29-21-12-3-2-4-13-21/h2-4,7-9,12-14,17,20H,5-6,10-11,15-16H2,1H3,(H,25,28)/t17-/m1/s1. The van der Waals surface area contributed by atoms with Crippen molar-refractivity contribution < 1.29 is 9.59 Å². The van der Waals surface area contributed by atoms with Gasteiger partial charge in [-0.05, 0) is 49.6 Å². The second-order valence-electron chi connectivity index (χ2n) is 7.42. The number of halogens is 1. The van der Waals surface area contributed by atoms with Crippen molar-refractivity contribution in [3.05, 3.63) is 64.6 Å². The molecule has 1 aliphatic rings. The third kappa shape index (κ3) is 6.61. The highest BCUT2D eigenvalue weighted by molar-refractivity contribution is 9.10. The Morgan fingerprint density at radius 1 is 1.14 bits per heavy atom. The monoisotopic (exact) mass is 474 g/mol. The van der Waals surface area contributed by atoms with Gasteiger partial charge in [0.2, 0.25) is 11.8 Å². The van der Waals surface area contributed by atoms with Crippen LogP contribution >= 0.6 is 27.7 Å². The van der Waals surface area contributed by atoms with Crippen molar-refractivity contribution in [1.82, 2.24) is 10.2 Å². The molecule has 0 aliphatic heterocycles. The number of nitrogens with zero attached hydrogens (tertiary/aromatic N) is 1. The van der Waals surface area contributed by atoms with Gasteiger partial charge in [-0.15, -0.1) is 11.8 Å². The van der Waals surface area contributed by atoms with Gasteiger partial charge in [-0.3, -0.25) is 9.59 Å². The second-order valence-corrected chi connectivity index (χ2v) is 9.38. The van der Waals surface area contributed by atoms with Crippen LogP contribution in [0.5, 0.6) is 0 Å². The maximum atomic E-state index is 13.1. The molecule has 0 unspecified atom stereocenters. The van der Waals surface area contributed by atoms with Gasteiger partial charge in [0.25, 0.3) is 0 Å². The molecule has 0 radical (unpaired) electrons. The quantitative estimate of drug-likeness (QED) is 0.546. The summed E-state index contributed by atoms with van der Waals surface area (Å²) in [5.74, 6) is 0.205. The first kappa shape index (κ1) is 21.9. The molecule has 0 spiro atoms. The molecule has 1 atom stereocenters. The predicted molar refractivity (Wildman–Crippen MR) is 122 cm³/mol. The van der Waals surface area contributed by atoms with E-state index >= 15 is 0 Å². The first-order chi connectivity index (χ1) is 14.0. The molecule has 2 aromatic carbocycles. The van der Waals surface area contributed by atoms with Gasteiger partial charge in [-0.2, -0.15) is 0 Å². The Kier molecular flexibility index (Phi) is 8.19. The van der Waals surface area contributed by atoms with Crippen molar-refractivity contribution in [3.63, 3.8) is 0 Å². The van der Waals surface area contributed by atoms with E-state index in [9.17, 15) is 9.59 Å². The molecule has 4 nitrogen and oxygen atoms in total. The Morgan fingerprint density at radius 3 is 2.55 bits per heavy atom. The maximum absolute atomic E-state index is 13.1. The zero-order valence-electron chi connectivity index (χ0n) is 16.6. The summed E-state index contributed by atoms with van der Waals surface area (Å²) in [5, 5.41) is 3.14. The van der Waals surface area contributed by atoms with Gasteiger partial charge in [-0.25, -0.2) is 0 Å². The minimum Gasteiger partial charge on any atom is -0.352 e. The highest BCUT2D eigenvalue weighted by Gasteiger charge is 2.28. The molecule has 0 bridgehead atoms. The summed E-state index contributed by atoms with van der Waals surface area (Å²) >= 11 is 4.99. The summed E-state index contributed by atoms with van der Waals surface area (Å²) in [7, 11) is 0. The molecular formula is C23H27BrN2O2S. The summed E-state index contributed by atoms with van der Waals surface area (Å²) in [6.45, 7) is 2.24. The lowest BCUT2D eigenvalue weighted by Crippen LogP contribution is -2.50. The topological polar surface area (TPSA) is 49.4 Å². The highest BCUT2D eigenvalue weighted by atomic mass is 79.9. The third-order valence-corrected chi connectivity index (χ3v) is 6.71. The average Bonchev–Trinajstić information content (AvgIpc) is 3.23. The minimum absolute atomic E-state index is 0.0344. The molecule has 0 saturated heterocycles. The SMILES string of the molecule is C[C@H](C(=O)NC1CCCC1)N(Cc1cccc(Br)c1)C(=O)CSc1ccccc1. The Balaban J connectivity index is 1.70. The first-order valence-electron chi connectivity index (χ1n) is 10.0. The van der Waals surface area contributed by atoms with Crippen LogP contribution in [0.1, 0.15) is 38.2 Å². The first-order valence-corrected chi connectivity index (χ1v) is 11.8. The van der Waals surface area contributed by atoms with Crippen molar-refractivity contribution in [2.45, 2.75) is 56.1 Å². The summed E-state index contributed by atoms with van der Waals surface area (Å²) in [6, 6.07) is 17.5. The van der Waals surface area contributed by atoms with Crippen LogP contribution in [-0.4, -0.2) is 34.6 Å². The van der Waals surface area contributed by atoms with Gasteiger partial charge in [-0.1, -0.05) is 59.1 Å². The number of hydrogen-bond donors (Lipinski definition) is 1. The van der Waals surface area contributed by atoms with E-state index in [4.69, 9.17) is 0 Å². The summed E-state index contributed by atoms with van der Waals surface area (Å²) in [5.41, 5.74) is 0.998. The van der Waals surface area contributed by atoms with Crippen LogP contribution in [0.2, 0.25) is 0 Å². The molecular weight excluding hydrogens is 448 g/mol. The van der Waals surface area contributed by atoms with E-state index in [1.54, 1.807) is 4.90 Å². The molecule has 154 valence electrons. The lowest BCUT2D eigenvalue weighted by atomic mass is 10.1. The molecule has 6 heteroatoms. The molecule has 1 fully saturated rings. The van der Waals surface area contributed by atoms with Crippen molar-refractivity contribution in [1.29, 1.82) is 0 Å². The van der Waals surface area contributed by atoms with E-state index in [0.29, 0.717) is 12.3 Å². The van der Waals surface area contributed by atoms with E-state index in [-0.39, 0.29) is 17.9 Å². The predicted octanol–water partition coefficient (Wildman–Crippen LogP) is 5.02. The van der Waals surface area contributed by atoms with E-state index < -0.39 is 6.04 Å².